The second-order valence-corrected chi connectivity index (χ2v) is 6.12. The molecule has 0 radical (unpaired) electrons. The topological polar surface area (TPSA) is 91.9 Å². The van der Waals surface area contributed by atoms with Gasteiger partial charge in [-0.1, -0.05) is 0 Å². The van der Waals surface area contributed by atoms with Gasteiger partial charge in [-0.25, -0.2) is 9.97 Å². The van der Waals surface area contributed by atoms with E-state index < -0.39 is 0 Å². The van der Waals surface area contributed by atoms with Gasteiger partial charge >= 0.3 is 0 Å². The van der Waals surface area contributed by atoms with Crippen molar-refractivity contribution in [2.24, 2.45) is 0 Å². The Hall–Kier alpha value is -2.45. The van der Waals surface area contributed by atoms with E-state index in [0.29, 0.717) is 38.5 Å². The molecule has 0 spiro atoms. The first kappa shape index (κ1) is 16.0. The highest BCUT2D eigenvalue weighted by molar-refractivity contribution is 5.91. The molecule has 1 fully saturated rings. The fraction of sp³-hybridized carbons (Fsp3) is 0.471. The van der Waals surface area contributed by atoms with E-state index in [1.807, 2.05) is 0 Å². The monoisotopic (exact) mass is 344 g/mol. The molecule has 1 N–H and O–H groups in total. The number of nitrogens with zero attached hydrogens (tertiary/aromatic N) is 4. The standard InChI is InChI=1S/C17H20N4O4/c22-10-12-1-2-15(25-12)17(23)21-4-3-13-14(9-21)18-11-19-16(13)20-5-7-24-8-6-20/h1-2,11,22H,3-10H2. The van der Waals surface area contributed by atoms with Crippen LogP contribution in [0.2, 0.25) is 0 Å². The van der Waals surface area contributed by atoms with E-state index in [2.05, 4.69) is 14.9 Å². The van der Waals surface area contributed by atoms with Crippen molar-refractivity contribution in [1.82, 2.24) is 14.9 Å². The lowest BCUT2D eigenvalue weighted by Gasteiger charge is -2.33. The number of aromatic nitrogens is 2. The average molecular weight is 344 g/mol. The van der Waals surface area contributed by atoms with E-state index in [1.165, 1.54) is 0 Å². The molecular weight excluding hydrogens is 324 g/mol. The van der Waals surface area contributed by atoms with Crippen molar-refractivity contribution in [1.29, 1.82) is 0 Å². The van der Waals surface area contributed by atoms with Crippen LogP contribution in [0.3, 0.4) is 0 Å². The highest BCUT2D eigenvalue weighted by atomic mass is 16.5. The molecule has 2 aromatic heterocycles. The molecule has 2 aliphatic heterocycles. The van der Waals surface area contributed by atoms with E-state index in [1.54, 1.807) is 23.4 Å². The van der Waals surface area contributed by atoms with Crippen LogP contribution in [0.25, 0.3) is 0 Å². The quantitative estimate of drug-likeness (QED) is 0.871. The zero-order chi connectivity index (χ0) is 17.2. The minimum atomic E-state index is -0.216. The fourth-order valence-corrected chi connectivity index (χ4v) is 3.29. The SMILES string of the molecule is O=C(c1ccc(CO)o1)N1CCc2c(ncnc2N2CCOCC2)C1. The summed E-state index contributed by atoms with van der Waals surface area (Å²) in [5.41, 5.74) is 1.99. The number of carbonyl (C=O) groups is 1. The number of ether oxygens (including phenoxy) is 1. The predicted molar refractivity (Wildman–Crippen MR) is 88.1 cm³/mol. The van der Waals surface area contributed by atoms with Crippen molar-refractivity contribution >= 4 is 11.7 Å². The van der Waals surface area contributed by atoms with Gasteiger partial charge in [0.2, 0.25) is 0 Å². The lowest BCUT2D eigenvalue weighted by molar-refractivity contribution is 0.0694. The van der Waals surface area contributed by atoms with Gasteiger partial charge in [0.1, 0.15) is 24.5 Å². The van der Waals surface area contributed by atoms with Crippen molar-refractivity contribution in [2.75, 3.05) is 37.7 Å². The Kier molecular flexibility index (Phi) is 4.37. The zero-order valence-corrected chi connectivity index (χ0v) is 13.8. The van der Waals surface area contributed by atoms with Crippen molar-refractivity contribution in [2.45, 2.75) is 19.6 Å². The van der Waals surface area contributed by atoms with Crippen LogP contribution in [-0.4, -0.2) is 58.7 Å². The lowest BCUT2D eigenvalue weighted by Crippen LogP contribution is -2.40. The fourth-order valence-electron chi connectivity index (χ4n) is 3.29. The summed E-state index contributed by atoms with van der Waals surface area (Å²) in [5, 5.41) is 9.08. The van der Waals surface area contributed by atoms with Crippen molar-refractivity contribution in [3.63, 3.8) is 0 Å². The molecule has 0 unspecified atom stereocenters. The summed E-state index contributed by atoms with van der Waals surface area (Å²) in [5.74, 6) is 1.41. The molecular formula is C17H20N4O4. The van der Waals surface area contributed by atoms with E-state index in [0.717, 1.165) is 30.2 Å². The van der Waals surface area contributed by atoms with Crippen LogP contribution < -0.4 is 4.90 Å². The highest BCUT2D eigenvalue weighted by Gasteiger charge is 2.28. The van der Waals surface area contributed by atoms with Crippen LogP contribution in [0, 0.1) is 0 Å². The first-order valence-corrected chi connectivity index (χ1v) is 8.40. The summed E-state index contributed by atoms with van der Waals surface area (Å²) in [4.78, 5) is 25.4. The number of anilines is 1. The number of hydrogen-bond acceptors (Lipinski definition) is 7. The second kappa shape index (κ2) is 6.81. The number of carbonyl (C=O) groups excluding carboxylic acids is 1. The Balaban J connectivity index is 1.54. The van der Waals surface area contributed by atoms with Gasteiger partial charge < -0.3 is 24.1 Å². The van der Waals surface area contributed by atoms with Gasteiger partial charge in [-0.3, -0.25) is 4.79 Å². The Bertz CT molecular complexity index is 770. The molecule has 0 aromatic carbocycles. The third-order valence-electron chi connectivity index (χ3n) is 4.61. The number of aliphatic hydroxyl groups excluding tert-OH is 1. The molecule has 4 rings (SSSR count). The maximum atomic E-state index is 12.6. The zero-order valence-electron chi connectivity index (χ0n) is 13.8. The van der Waals surface area contributed by atoms with E-state index in [4.69, 9.17) is 14.3 Å². The average Bonchev–Trinajstić information content (AvgIpc) is 3.16. The van der Waals surface area contributed by atoms with Gasteiger partial charge in [-0.15, -0.1) is 0 Å². The molecule has 0 bridgehead atoms. The Morgan fingerprint density at radius 3 is 2.80 bits per heavy atom. The normalized spacial score (nSPS) is 17.5. The Morgan fingerprint density at radius 1 is 1.20 bits per heavy atom. The number of aliphatic hydroxyl groups is 1. The first-order chi connectivity index (χ1) is 12.3. The smallest absolute Gasteiger partial charge is 0.289 e. The molecule has 8 heteroatoms. The summed E-state index contributed by atoms with van der Waals surface area (Å²) in [6.45, 7) is 3.86. The molecule has 2 aliphatic rings. The van der Waals surface area contributed by atoms with Gasteiger partial charge in [0, 0.05) is 25.2 Å². The first-order valence-electron chi connectivity index (χ1n) is 8.40. The summed E-state index contributed by atoms with van der Waals surface area (Å²) < 4.78 is 10.8. The van der Waals surface area contributed by atoms with E-state index in [-0.39, 0.29) is 18.3 Å². The van der Waals surface area contributed by atoms with E-state index >= 15 is 0 Å². The Morgan fingerprint density at radius 2 is 2.04 bits per heavy atom. The number of furan rings is 1. The Labute approximate surface area is 145 Å². The summed E-state index contributed by atoms with van der Waals surface area (Å²) in [6, 6.07) is 3.21. The molecule has 0 atom stereocenters. The number of rotatable bonds is 3. The lowest BCUT2D eigenvalue weighted by atomic mass is 10.0. The van der Waals surface area contributed by atoms with Crippen molar-refractivity contribution in [3.05, 3.63) is 41.2 Å². The minimum absolute atomic E-state index is 0.183. The predicted octanol–water partition coefficient (Wildman–Crippen LogP) is 0.597. The maximum absolute atomic E-state index is 12.6. The molecule has 8 nitrogen and oxygen atoms in total. The highest BCUT2D eigenvalue weighted by Crippen LogP contribution is 2.27. The third-order valence-corrected chi connectivity index (χ3v) is 4.61. The second-order valence-electron chi connectivity index (χ2n) is 6.12. The molecule has 1 amide bonds. The summed E-state index contributed by atoms with van der Waals surface area (Å²) >= 11 is 0. The van der Waals surface area contributed by atoms with E-state index in [9.17, 15) is 4.79 Å². The minimum Gasteiger partial charge on any atom is -0.453 e. The van der Waals surface area contributed by atoms with Crippen LogP contribution in [0.5, 0.6) is 0 Å². The number of morpholine rings is 1. The van der Waals surface area contributed by atoms with Gasteiger partial charge in [0.05, 0.1) is 25.5 Å². The molecule has 0 saturated carbocycles. The molecule has 4 heterocycles. The molecule has 1 saturated heterocycles. The third kappa shape index (κ3) is 3.10. The van der Waals surface area contributed by atoms with Crippen LogP contribution in [0.4, 0.5) is 5.82 Å². The van der Waals surface area contributed by atoms with Gasteiger partial charge in [0.25, 0.3) is 5.91 Å². The van der Waals surface area contributed by atoms with Crippen molar-refractivity contribution in [3.8, 4) is 0 Å². The maximum Gasteiger partial charge on any atom is 0.289 e. The summed E-state index contributed by atoms with van der Waals surface area (Å²) in [7, 11) is 0. The summed E-state index contributed by atoms with van der Waals surface area (Å²) in [6.07, 6.45) is 2.27. The largest absolute Gasteiger partial charge is 0.453 e. The van der Waals surface area contributed by atoms with Gasteiger partial charge in [-0.2, -0.15) is 0 Å². The number of amides is 1. The van der Waals surface area contributed by atoms with Gasteiger partial charge in [-0.05, 0) is 18.6 Å². The van der Waals surface area contributed by atoms with Crippen LogP contribution in [0.15, 0.2) is 22.9 Å². The molecule has 132 valence electrons. The number of hydrogen-bond donors (Lipinski definition) is 1. The van der Waals surface area contributed by atoms with Crippen LogP contribution in [-0.2, 0) is 24.3 Å². The number of fused-ring (bicyclic) bond motifs is 1. The van der Waals surface area contributed by atoms with Gasteiger partial charge in [0.15, 0.2) is 5.76 Å². The van der Waals surface area contributed by atoms with Crippen LogP contribution >= 0.6 is 0 Å². The van der Waals surface area contributed by atoms with Crippen LogP contribution in [0.1, 0.15) is 27.6 Å². The molecule has 2 aromatic rings. The molecule has 0 aliphatic carbocycles. The molecule has 25 heavy (non-hydrogen) atoms. The van der Waals surface area contributed by atoms with Crippen molar-refractivity contribution < 1.29 is 19.1 Å².